The minimum Gasteiger partial charge on any atom is -0.478 e. The summed E-state index contributed by atoms with van der Waals surface area (Å²) in [6, 6.07) is 10.4. The summed E-state index contributed by atoms with van der Waals surface area (Å²) >= 11 is 0. The van der Waals surface area contributed by atoms with E-state index in [-0.39, 0.29) is 72.5 Å². The van der Waals surface area contributed by atoms with Gasteiger partial charge in [0.1, 0.15) is 12.1 Å². The molecular weight excluding hydrogens is 580 g/mol. The van der Waals surface area contributed by atoms with Crippen LogP contribution in [0.3, 0.4) is 0 Å². The molecule has 4 amide bonds. The number of hydrogen-bond donors (Lipinski definition) is 6. The van der Waals surface area contributed by atoms with Crippen LogP contribution in [-0.4, -0.2) is 71.0 Å². The van der Waals surface area contributed by atoms with Gasteiger partial charge in [0.2, 0.25) is 23.6 Å². The van der Waals surface area contributed by atoms with Gasteiger partial charge in [0.05, 0.1) is 24.0 Å². The van der Waals surface area contributed by atoms with Crippen LogP contribution in [0, 0.1) is 11.8 Å². The molecule has 2 aromatic carbocycles. The highest BCUT2D eigenvalue weighted by Gasteiger charge is 2.27. The highest BCUT2D eigenvalue weighted by Crippen LogP contribution is 2.12. The van der Waals surface area contributed by atoms with Gasteiger partial charge >= 0.3 is 11.9 Å². The summed E-state index contributed by atoms with van der Waals surface area (Å²) in [5.41, 5.74) is 1.49. The number of carboxylic acids is 2. The fourth-order valence-electron chi connectivity index (χ4n) is 4.49. The molecule has 2 unspecified atom stereocenters. The molecule has 0 aliphatic heterocycles. The Balaban J connectivity index is 1.84. The molecule has 6 N–H and O–H groups in total. The molecule has 0 bridgehead atoms. The van der Waals surface area contributed by atoms with Crippen LogP contribution >= 0.6 is 0 Å². The van der Waals surface area contributed by atoms with Gasteiger partial charge in [0, 0.05) is 13.1 Å². The first kappa shape index (κ1) is 36.5. The first-order chi connectivity index (χ1) is 21.4. The lowest BCUT2D eigenvalue weighted by atomic mass is 9.97. The maximum atomic E-state index is 13.0. The Morgan fingerprint density at radius 1 is 0.600 bits per heavy atom. The first-order valence-corrected chi connectivity index (χ1v) is 15.1. The topological polar surface area (TPSA) is 191 Å². The molecular formula is C33H44N4O8. The van der Waals surface area contributed by atoms with Crippen LogP contribution in [0.4, 0.5) is 0 Å². The van der Waals surface area contributed by atoms with Crippen molar-refractivity contribution in [3.63, 3.8) is 0 Å². The standard InChI is InChI=1S/C33H44N4O8/c1-5-20(3)28(36-26(38)18-22-8-12-24(13-9-22)32(42)43)30(40)34-16-7-17-35-31(41)29(21(4)6-2)37-27(39)19-23-10-14-25(15-11-23)33(44)45/h8-15,20-21,28-29H,5-7,16-19H2,1-4H3,(H,34,40)(H,35,41)(H,36,38)(H,37,39)(H,42,43)(H,44,45)/t20?,21?,28-,29-/m0/s1. The van der Waals surface area contributed by atoms with Crippen molar-refractivity contribution < 1.29 is 39.0 Å². The van der Waals surface area contributed by atoms with Gasteiger partial charge in [-0.1, -0.05) is 64.8 Å². The number of hydrogen-bond acceptors (Lipinski definition) is 6. The van der Waals surface area contributed by atoms with Gasteiger partial charge in [-0.05, 0) is 53.6 Å². The molecule has 12 nitrogen and oxygen atoms in total. The van der Waals surface area contributed by atoms with Crippen LogP contribution in [-0.2, 0) is 32.0 Å². The van der Waals surface area contributed by atoms with Gasteiger partial charge in [0.25, 0.3) is 0 Å². The van der Waals surface area contributed by atoms with Crippen molar-refractivity contribution in [3.05, 3.63) is 70.8 Å². The summed E-state index contributed by atoms with van der Waals surface area (Å²) in [5, 5.41) is 29.3. The summed E-state index contributed by atoms with van der Waals surface area (Å²) in [6.45, 7) is 8.07. The van der Waals surface area contributed by atoms with E-state index < -0.39 is 24.0 Å². The third kappa shape index (κ3) is 12.0. The number of nitrogens with one attached hydrogen (secondary N) is 4. The summed E-state index contributed by atoms with van der Waals surface area (Å²) in [4.78, 5) is 73.3. The molecule has 4 atom stereocenters. The molecule has 0 heterocycles. The van der Waals surface area contributed by atoms with Gasteiger partial charge in [-0.15, -0.1) is 0 Å². The fraction of sp³-hybridized carbons (Fsp3) is 0.455. The minimum atomic E-state index is -1.06. The van der Waals surface area contributed by atoms with Crippen LogP contribution < -0.4 is 21.3 Å². The van der Waals surface area contributed by atoms with Crippen LogP contribution in [0.2, 0.25) is 0 Å². The number of rotatable bonds is 18. The minimum absolute atomic E-state index is 0.00294. The number of carboxylic acid groups (broad SMARTS) is 2. The Bertz CT molecular complexity index is 1230. The highest BCUT2D eigenvalue weighted by molar-refractivity contribution is 5.91. The zero-order valence-electron chi connectivity index (χ0n) is 26.2. The lowest BCUT2D eigenvalue weighted by molar-refractivity contribution is -0.130. The predicted octanol–water partition coefficient (Wildman–Crippen LogP) is 2.55. The molecule has 0 saturated carbocycles. The SMILES string of the molecule is CCC(C)[C@H](NC(=O)Cc1ccc(C(=O)O)cc1)C(=O)NCCCNC(=O)[C@@H](NC(=O)Cc1ccc(C(=O)O)cc1)C(C)CC. The number of amides is 4. The molecule has 0 saturated heterocycles. The molecule has 0 radical (unpaired) electrons. The van der Waals surface area contributed by atoms with Gasteiger partial charge < -0.3 is 31.5 Å². The summed E-state index contributed by atoms with van der Waals surface area (Å²) in [7, 11) is 0. The molecule has 2 aromatic rings. The van der Waals surface area contributed by atoms with Crippen molar-refractivity contribution in [3.8, 4) is 0 Å². The summed E-state index contributed by atoms with van der Waals surface area (Å²) in [5.74, 6) is -3.79. The van der Waals surface area contributed by atoms with Gasteiger partial charge in [-0.25, -0.2) is 9.59 Å². The smallest absolute Gasteiger partial charge is 0.335 e. The molecule has 0 aromatic heterocycles. The van der Waals surface area contributed by atoms with Crippen molar-refractivity contribution in [2.75, 3.05) is 13.1 Å². The molecule has 0 spiro atoms. The summed E-state index contributed by atoms with van der Waals surface area (Å²) < 4.78 is 0. The van der Waals surface area contributed by atoms with E-state index in [9.17, 15) is 28.8 Å². The zero-order valence-corrected chi connectivity index (χ0v) is 26.2. The Kier molecular flexibility index (Phi) is 14.7. The van der Waals surface area contributed by atoms with Crippen molar-refractivity contribution in [1.29, 1.82) is 0 Å². The molecule has 0 aliphatic rings. The van der Waals surface area contributed by atoms with E-state index in [1.54, 1.807) is 24.3 Å². The van der Waals surface area contributed by atoms with Gasteiger partial charge in [-0.2, -0.15) is 0 Å². The van der Waals surface area contributed by atoms with Gasteiger partial charge in [-0.3, -0.25) is 19.2 Å². The predicted molar refractivity (Wildman–Crippen MR) is 168 cm³/mol. The van der Waals surface area contributed by atoms with Crippen LogP contribution in [0.25, 0.3) is 0 Å². The van der Waals surface area contributed by atoms with Crippen LogP contribution in [0.15, 0.2) is 48.5 Å². The third-order valence-electron chi connectivity index (χ3n) is 7.71. The Labute approximate surface area is 263 Å². The highest BCUT2D eigenvalue weighted by atomic mass is 16.4. The van der Waals surface area contributed by atoms with E-state index in [1.807, 2.05) is 27.7 Å². The second kappa shape index (κ2) is 18.2. The average Bonchev–Trinajstić information content (AvgIpc) is 3.01. The molecule has 2 rings (SSSR count). The monoisotopic (exact) mass is 624 g/mol. The summed E-state index contributed by atoms with van der Waals surface area (Å²) in [6.07, 6.45) is 1.72. The van der Waals surface area contributed by atoms with E-state index in [1.165, 1.54) is 24.3 Å². The maximum absolute atomic E-state index is 13.0. The van der Waals surface area contributed by atoms with Crippen LogP contribution in [0.5, 0.6) is 0 Å². The van der Waals surface area contributed by atoms with Crippen LogP contribution in [0.1, 0.15) is 78.8 Å². The number of carbonyl (C=O) groups excluding carboxylic acids is 4. The van der Waals surface area contributed by atoms with Crippen molar-refractivity contribution >= 4 is 35.6 Å². The maximum Gasteiger partial charge on any atom is 0.335 e. The first-order valence-electron chi connectivity index (χ1n) is 15.1. The number of benzene rings is 2. The molecule has 12 heteroatoms. The largest absolute Gasteiger partial charge is 0.478 e. The number of carbonyl (C=O) groups is 6. The third-order valence-corrected chi connectivity index (χ3v) is 7.71. The van der Waals surface area contributed by atoms with E-state index in [4.69, 9.17) is 10.2 Å². The van der Waals surface area contributed by atoms with E-state index in [0.29, 0.717) is 30.4 Å². The van der Waals surface area contributed by atoms with Crippen molar-refractivity contribution in [2.45, 2.75) is 71.9 Å². The quantitative estimate of drug-likeness (QED) is 0.136. The van der Waals surface area contributed by atoms with Gasteiger partial charge in [0.15, 0.2) is 0 Å². The zero-order chi connectivity index (χ0) is 33.5. The molecule has 45 heavy (non-hydrogen) atoms. The fourth-order valence-corrected chi connectivity index (χ4v) is 4.49. The lowest BCUT2D eigenvalue weighted by Gasteiger charge is -2.24. The molecule has 0 fully saturated rings. The Morgan fingerprint density at radius 3 is 1.22 bits per heavy atom. The molecule has 244 valence electrons. The Morgan fingerprint density at radius 2 is 0.933 bits per heavy atom. The second-order valence-electron chi connectivity index (χ2n) is 11.2. The Hall–Kier alpha value is -4.74. The van der Waals surface area contributed by atoms with Crippen molar-refractivity contribution in [1.82, 2.24) is 21.3 Å². The average molecular weight is 625 g/mol. The second-order valence-corrected chi connectivity index (χ2v) is 11.2. The van der Waals surface area contributed by atoms with E-state index in [0.717, 1.165) is 0 Å². The number of aromatic carboxylic acids is 2. The van der Waals surface area contributed by atoms with E-state index >= 15 is 0 Å². The normalized spacial score (nSPS) is 13.4. The molecule has 0 aliphatic carbocycles. The van der Waals surface area contributed by atoms with Crippen molar-refractivity contribution in [2.24, 2.45) is 11.8 Å². The van der Waals surface area contributed by atoms with E-state index in [2.05, 4.69) is 21.3 Å². The lowest BCUT2D eigenvalue weighted by Crippen LogP contribution is -2.52.